The van der Waals surface area contributed by atoms with E-state index in [1.807, 2.05) is 74.5 Å². The first-order valence-electron chi connectivity index (χ1n) is 10.8. The Morgan fingerprint density at radius 3 is 2.03 bits per heavy atom. The average molecular weight is 443 g/mol. The summed E-state index contributed by atoms with van der Waals surface area (Å²) in [5.41, 5.74) is 1.94. The minimum Gasteiger partial charge on any atom is -0.368 e. The molecular formula is C25H30O7. The van der Waals surface area contributed by atoms with Gasteiger partial charge in [-0.2, -0.15) is 0 Å². The molecule has 0 aliphatic carbocycles. The van der Waals surface area contributed by atoms with Gasteiger partial charge in [-0.1, -0.05) is 60.7 Å². The van der Waals surface area contributed by atoms with Gasteiger partial charge in [0, 0.05) is 7.11 Å². The first-order chi connectivity index (χ1) is 15.5. The molecule has 2 aromatic carbocycles. The van der Waals surface area contributed by atoms with Gasteiger partial charge in [0.2, 0.25) is 0 Å². The number of rotatable bonds is 10. The van der Waals surface area contributed by atoms with Crippen molar-refractivity contribution in [2.24, 2.45) is 0 Å². The first-order valence-corrected chi connectivity index (χ1v) is 10.8. The lowest BCUT2D eigenvalue weighted by molar-refractivity contribution is -0.247. The molecular weight excluding hydrogens is 412 g/mol. The van der Waals surface area contributed by atoms with Crippen molar-refractivity contribution < 1.29 is 33.2 Å². The van der Waals surface area contributed by atoms with Crippen LogP contribution in [0.2, 0.25) is 0 Å². The van der Waals surface area contributed by atoms with Gasteiger partial charge in [0.05, 0.1) is 13.2 Å². The second kappa shape index (κ2) is 10.2. The van der Waals surface area contributed by atoms with Crippen molar-refractivity contribution in [2.75, 3.05) is 7.11 Å². The lowest BCUT2D eigenvalue weighted by Gasteiger charge is -2.31. The highest BCUT2D eigenvalue weighted by molar-refractivity contribution is 5.57. The van der Waals surface area contributed by atoms with Crippen molar-refractivity contribution in [3.63, 3.8) is 0 Å². The zero-order chi connectivity index (χ0) is 22.6. The van der Waals surface area contributed by atoms with E-state index in [9.17, 15) is 4.79 Å². The van der Waals surface area contributed by atoms with Crippen LogP contribution >= 0.6 is 0 Å². The molecule has 4 rings (SSSR count). The molecule has 0 unspecified atom stereocenters. The molecule has 0 amide bonds. The monoisotopic (exact) mass is 442 g/mol. The third-order valence-electron chi connectivity index (χ3n) is 5.63. The van der Waals surface area contributed by atoms with Crippen LogP contribution in [0.15, 0.2) is 60.7 Å². The van der Waals surface area contributed by atoms with Gasteiger partial charge in [0.25, 0.3) is 0 Å². The predicted octanol–water partition coefficient (Wildman–Crippen LogP) is 3.25. The molecule has 0 N–H and O–H groups in total. The molecule has 2 aliphatic rings. The summed E-state index contributed by atoms with van der Waals surface area (Å²) in [6.45, 7) is 4.26. The molecule has 2 aliphatic heterocycles. The van der Waals surface area contributed by atoms with Gasteiger partial charge < -0.3 is 33.2 Å². The highest BCUT2D eigenvalue weighted by Crippen LogP contribution is 2.41. The van der Waals surface area contributed by atoms with E-state index in [2.05, 4.69) is 0 Å². The van der Waals surface area contributed by atoms with Gasteiger partial charge in [0.15, 0.2) is 18.4 Å². The topological polar surface area (TPSA) is 72.5 Å². The summed E-state index contributed by atoms with van der Waals surface area (Å²) in [6.07, 6.45) is -2.95. The lowest BCUT2D eigenvalue weighted by atomic mass is 10.0. The van der Waals surface area contributed by atoms with Crippen LogP contribution in [0.1, 0.15) is 25.0 Å². The summed E-state index contributed by atoms with van der Waals surface area (Å²) in [5, 5.41) is 0. The molecule has 32 heavy (non-hydrogen) atoms. The maximum absolute atomic E-state index is 12.1. The summed E-state index contributed by atoms with van der Waals surface area (Å²) in [4.78, 5) is 12.1. The van der Waals surface area contributed by atoms with E-state index < -0.39 is 42.6 Å². The van der Waals surface area contributed by atoms with Crippen molar-refractivity contribution in [3.8, 4) is 0 Å². The molecule has 2 saturated heterocycles. The maximum Gasteiger partial charge on any atom is 0.186 e. The standard InChI is InChI=1S/C25H30O7/c1-25(2)31-22-21(30-24(27-3)23(22)32-25)20(29-16-18-12-8-5-9-13-18)19(14-26)28-15-17-10-6-4-7-11-17/h4-14,19-24H,15-16H2,1-3H3/t19-,20+,21+,22-,23-,24-/m0/s1. The fraction of sp³-hybridized carbons (Fsp3) is 0.480. The number of ether oxygens (including phenoxy) is 6. The molecule has 0 spiro atoms. The third-order valence-corrected chi connectivity index (χ3v) is 5.63. The lowest BCUT2D eigenvalue weighted by Crippen LogP contribution is -2.48. The number of methoxy groups -OCH3 is 1. The first kappa shape index (κ1) is 23.0. The normalized spacial score (nSPS) is 28.2. The highest BCUT2D eigenvalue weighted by Gasteiger charge is 2.59. The number of carbonyl (C=O) groups is 1. The summed E-state index contributed by atoms with van der Waals surface area (Å²) in [6, 6.07) is 19.4. The van der Waals surface area contributed by atoms with Crippen LogP contribution in [0.25, 0.3) is 0 Å². The van der Waals surface area contributed by atoms with E-state index in [1.54, 1.807) is 7.11 Å². The van der Waals surface area contributed by atoms with E-state index >= 15 is 0 Å². The molecule has 2 heterocycles. The van der Waals surface area contributed by atoms with Crippen molar-refractivity contribution in [1.29, 1.82) is 0 Å². The fourth-order valence-corrected chi connectivity index (χ4v) is 4.17. The SMILES string of the molecule is CO[C@H]1O[C@H]([C@H](OCc2ccccc2)[C@H](C=O)OCc2ccccc2)[C@@H]2OC(C)(C)O[C@H]12. The summed E-state index contributed by atoms with van der Waals surface area (Å²) >= 11 is 0. The van der Waals surface area contributed by atoms with Crippen molar-refractivity contribution in [2.45, 2.75) is 69.7 Å². The Labute approximate surface area is 188 Å². The van der Waals surface area contributed by atoms with Gasteiger partial charge in [0.1, 0.15) is 30.5 Å². The van der Waals surface area contributed by atoms with Gasteiger partial charge >= 0.3 is 0 Å². The molecule has 172 valence electrons. The maximum atomic E-state index is 12.1. The zero-order valence-corrected chi connectivity index (χ0v) is 18.6. The predicted molar refractivity (Wildman–Crippen MR) is 116 cm³/mol. The Hall–Kier alpha value is -2.13. The molecule has 7 heteroatoms. The minimum absolute atomic E-state index is 0.271. The zero-order valence-electron chi connectivity index (χ0n) is 18.6. The van der Waals surface area contributed by atoms with E-state index in [-0.39, 0.29) is 6.61 Å². The van der Waals surface area contributed by atoms with Crippen molar-refractivity contribution in [3.05, 3.63) is 71.8 Å². The van der Waals surface area contributed by atoms with Crippen LogP contribution in [0.5, 0.6) is 0 Å². The smallest absolute Gasteiger partial charge is 0.186 e. The van der Waals surface area contributed by atoms with Crippen LogP contribution in [0.3, 0.4) is 0 Å². The Morgan fingerprint density at radius 1 is 0.906 bits per heavy atom. The quantitative estimate of drug-likeness (QED) is 0.523. The number of hydrogen-bond acceptors (Lipinski definition) is 7. The summed E-state index contributed by atoms with van der Waals surface area (Å²) < 4.78 is 36.0. The molecule has 0 radical (unpaired) electrons. The van der Waals surface area contributed by atoms with Crippen molar-refractivity contribution in [1.82, 2.24) is 0 Å². The van der Waals surface area contributed by atoms with Gasteiger partial charge in [-0.25, -0.2) is 0 Å². The fourth-order valence-electron chi connectivity index (χ4n) is 4.17. The Balaban J connectivity index is 1.55. The van der Waals surface area contributed by atoms with E-state index in [0.29, 0.717) is 6.61 Å². The number of aldehydes is 1. The largest absolute Gasteiger partial charge is 0.368 e. The van der Waals surface area contributed by atoms with Crippen LogP contribution in [0, 0.1) is 0 Å². The molecule has 7 nitrogen and oxygen atoms in total. The van der Waals surface area contributed by atoms with Crippen LogP contribution < -0.4 is 0 Å². The Bertz CT molecular complexity index is 857. The molecule has 0 aromatic heterocycles. The molecule has 0 bridgehead atoms. The average Bonchev–Trinajstić information content (AvgIpc) is 3.30. The van der Waals surface area contributed by atoms with E-state index in [1.165, 1.54) is 0 Å². The molecule has 6 atom stereocenters. The molecule has 2 fully saturated rings. The van der Waals surface area contributed by atoms with Crippen LogP contribution in [0.4, 0.5) is 0 Å². The highest BCUT2D eigenvalue weighted by atomic mass is 16.8. The van der Waals surface area contributed by atoms with Crippen LogP contribution in [-0.2, 0) is 46.4 Å². The summed E-state index contributed by atoms with van der Waals surface area (Å²) in [5.74, 6) is -0.792. The minimum atomic E-state index is -0.868. The molecule has 0 saturated carbocycles. The number of hydrogen-bond donors (Lipinski definition) is 0. The molecule has 2 aromatic rings. The van der Waals surface area contributed by atoms with Crippen LogP contribution in [-0.4, -0.2) is 56.0 Å². The van der Waals surface area contributed by atoms with E-state index in [4.69, 9.17) is 28.4 Å². The number of fused-ring (bicyclic) bond motifs is 1. The Kier molecular flexibility index (Phi) is 7.35. The van der Waals surface area contributed by atoms with Crippen molar-refractivity contribution >= 4 is 6.29 Å². The summed E-state index contributed by atoms with van der Waals surface area (Å²) in [7, 11) is 1.56. The third kappa shape index (κ3) is 5.26. The Morgan fingerprint density at radius 2 is 1.47 bits per heavy atom. The number of benzene rings is 2. The second-order valence-electron chi connectivity index (χ2n) is 8.43. The van der Waals surface area contributed by atoms with E-state index in [0.717, 1.165) is 17.4 Å². The van der Waals surface area contributed by atoms with Gasteiger partial charge in [-0.15, -0.1) is 0 Å². The second-order valence-corrected chi connectivity index (χ2v) is 8.43. The number of carbonyl (C=O) groups excluding carboxylic acids is 1. The van der Waals surface area contributed by atoms with Gasteiger partial charge in [-0.3, -0.25) is 0 Å². The van der Waals surface area contributed by atoms with Gasteiger partial charge in [-0.05, 0) is 25.0 Å².